The minimum absolute atomic E-state index is 0.0515. The van der Waals surface area contributed by atoms with Crippen molar-refractivity contribution in [2.75, 3.05) is 19.8 Å². The summed E-state index contributed by atoms with van der Waals surface area (Å²) in [6.07, 6.45) is 10.3. The fourth-order valence-corrected chi connectivity index (χ4v) is 10.2. The van der Waals surface area contributed by atoms with E-state index in [0.29, 0.717) is 34.7 Å². The summed E-state index contributed by atoms with van der Waals surface area (Å²) in [6, 6.07) is 0. The largest absolute Gasteiger partial charge is 0.393 e. The molecule has 166 valence electrons. The number of hydrogen-bond donors (Lipinski definition) is 1. The zero-order valence-corrected chi connectivity index (χ0v) is 19.5. The van der Waals surface area contributed by atoms with Crippen LogP contribution >= 0.6 is 0 Å². The average Bonchev–Trinajstić information content (AvgIpc) is 3.20. The van der Waals surface area contributed by atoms with E-state index in [4.69, 9.17) is 9.47 Å². The second kappa shape index (κ2) is 6.69. The van der Waals surface area contributed by atoms with Crippen LogP contribution in [0.3, 0.4) is 0 Å². The Kier molecular flexibility index (Phi) is 4.79. The van der Waals surface area contributed by atoms with Gasteiger partial charge in [-0.25, -0.2) is 0 Å². The summed E-state index contributed by atoms with van der Waals surface area (Å²) in [5, 5.41) is 11.4. The second-order valence-corrected chi connectivity index (χ2v) is 12.1. The van der Waals surface area contributed by atoms with E-state index in [1.54, 1.807) is 0 Å². The molecule has 5 aliphatic carbocycles. The quantitative estimate of drug-likeness (QED) is 0.640. The molecule has 0 bridgehead atoms. The molecular weight excluding hydrogens is 360 g/mol. The first-order valence-electron chi connectivity index (χ1n) is 12.7. The van der Waals surface area contributed by atoms with Crippen LogP contribution in [0.5, 0.6) is 0 Å². The Morgan fingerprint density at radius 3 is 2.48 bits per heavy atom. The Balaban J connectivity index is 1.43. The number of rotatable bonds is 6. The van der Waals surface area contributed by atoms with Crippen LogP contribution < -0.4 is 0 Å². The molecule has 0 aromatic rings. The highest BCUT2D eigenvalue weighted by Gasteiger charge is 2.77. The number of aliphatic hydroxyl groups excluding tert-OH is 1. The van der Waals surface area contributed by atoms with Crippen LogP contribution in [0.2, 0.25) is 0 Å². The van der Waals surface area contributed by atoms with Crippen molar-refractivity contribution in [1.82, 2.24) is 0 Å². The summed E-state index contributed by atoms with van der Waals surface area (Å²) in [6.45, 7) is 13.9. The molecule has 3 nitrogen and oxygen atoms in total. The van der Waals surface area contributed by atoms with Crippen molar-refractivity contribution in [2.24, 2.45) is 45.8 Å². The van der Waals surface area contributed by atoms with Crippen LogP contribution in [0.25, 0.3) is 0 Å². The maximum Gasteiger partial charge on any atom is 0.0919 e. The number of ether oxygens (including phenoxy) is 2. The lowest BCUT2D eigenvalue weighted by Gasteiger charge is -2.61. The lowest BCUT2D eigenvalue weighted by atomic mass is 9.45. The predicted molar refractivity (Wildman–Crippen MR) is 116 cm³/mol. The molecular formula is C26H44O3. The third-order valence-electron chi connectivity index (χ3n) is 11.4. The van der Waals surface area contributed by atoms with E-state index in [2.05, 4.69) is 34.6 Å². The van der Waals surface area contributed by atoms with Crippen LogP contribution in [-0.2, 0) is 9.47 Å². The van der Waals surface area contributed by atoms with Crippen LogP contribution in [0.4, 0.5) is 0 Å². The van der Waals surface area contributed by atoms with Crippen molar-refractivity contribution in [1.29, 1.82) is 0 Å². The van der Waals surface area contributed by atoms with Crippen molar-refractivity contribution in [2.45, 2.75) is 97.7 Å². The molecule has 0 amide bonds. The summed E-state index contributed by atoms with van der Waals surface area (Å²) in [7, 11) is 0. The summed E-state index contributed by atoms with van der Waals surface area (Å²) in [5.41, 5.74) is 0.835. The van der Waals surface area contributed by atoms with E-state index < -0.39 is 0 Å². The summed E-state index contributed by atoms with van der Waals surface area (Å²) in [4.78, 5) is 0. The number of fused-ring (bicyclic) bond motifs is 4. The minimum Gasteiger partial charge on any atom is -0.393 e. The third-order valence-corrected chi connectivity index (χ3v) is 11.4. The van der Waals surface area contributed by atoms with Crippen LogP contribution in [0.1, 0.15) is 86.0 Å². The first-order chi connectivity index (χ1) is 13.8. The van der Waals surface area contributed by atoms with Gasteiger partial charge in [0.05, 0.1) is 18.3 Å². The molecule has 1 N–H and O–H groups in total. The molecule has 29 heavy (non-hydrogen) atoms. The molecule has 0 radical (unpaired) electrons. The van der Waals surface area contributed by atoms with Crippen LogP contribution in [0.15, 0.2) is 0 Å². The van der Waals surface area contributed by atoms with Gasteiger partial charge in [-0.15, -0.1) is 0 Å². The summed E-state index contributed by atoms with van der Waals surface area (Å²) < 4.78 is 12.4. The lowest BCUT2D eigenvalue weighted by molar-refractivity contribution is -0.179. The molecule has 0 aliphatic heterocycles. The van der Waals surface area contributed by atoms with Crippen molar-refractivity contribution >= 4 is 0 Å². The van der Waals surface area contributed by atoms with E-state index in [-0.39, 0.29) is 11.7 Å². The van der Waals surface area contributed by atoms with Gasteiger partial charge in [0.1, 0.15) is 0 Å². The smallest absolute Gasteiger partial charge is 0.0919 e. The lowest BCUT2D eigenvalue weighted by Crippen LogP contribution is -2.58. The molecule has 5 aliphatic rings. The zero-order valence-electron chi connectivity index (χ0n) is 19.5. The number of hydrogen-bond acceptors (Lipinski definition) is 3. The van der Waals surface area contributed by atoms with Crippen molar-refractivity contribution in [3.63, 3.8) is 0 Å². The zero-order chi connectivity index (χ0) is 20.7. The Hall–Kier alpha value is -0.120. The normalized spacial score (nSPS) is 54.8. The van der Waals surface area contributed by atoms with Gasteiger partial charge in [-0.2, -0.15) is 0 Å². The highest BCUT2D eigenvalue weighted by Crippen LogP contribution is 2.81. The van der Waals surface area contributed by atoms with E-state index >= 15 is 0 Å². The van der Waals surface area contributed by atoms with E-state index in [9.17, 15) is 5.11 Å². The molecule has 5 rings (SSSR count). The van der Waals surface area contributed by atoms with Crippen LogP contribution in [0, 0.1) is 45.8 Å². The maximum atomic E-state index is 11.4. The molecule has 0 heterocycles. The third kappa shape index (κ3) is 2.53. The van der Waals surface area contributed by atoms with Gasteiger partial charge in [0.25, 0.3) is 0 Å². The van der Waals surface area contributed by atoms with Gasteiger partial charge in [-0.05, 0) is 113 Å². The monoisotopic (exact) mass is 404 g/mol. The topological polar surface area (TPSA) is 38.7 Å². The minimum atomic E-state index is -0.186. The fourth-order valence-electron chi connectivity index (χ4n) is 10.2. The van der Waals surface area contributed by atoms with E-state index in [1.807, 2.05) is 0 Å². The molecule has 0 saturated heterocycles. The molecule has 0 aromatic heterocycles. The highest BCUT2D eigenvalue weighted by molar-refractivity contribution is 5.25. The first-order valence-corrected chi connectivity index (χ1v) is 12.7. The summed E-state index contributed by atoms with van der Waals surface area (Å²) >= 11 is 0. The van der Waals surface area contributed by atoms with Gasteiger partial charge in [0, 0.05) is 18.6 Å². The van der Waals surface area contributed by atoms with Crippen molar-refractivity contribution in [3.8, 4) is 0 Å². The molecule has 0 aromatic carbocycles. The second-order valence-electron chi connectivity index (χ2n) is 12.1. The molecule has 5 fully saturated rings. The standard InChI is InChI=1S/C26H44O3/c1-6-28-16-25(5,29-7-2)21-9-8-19-18-14-22(27)26-15-17(26)10-13-24(26,4)20(18)11-12-23(19,21)3/h17-22,27H,6-16H2,1-5H3/t17-,18?,19?,20?,21?,22+,23-,24+,25-,26?/m0/s1. The Bertz CT molecular complexity index is 650. The van der Waals surface area contributed by atoms with Gasteiger partial charge in [-0.1, -0.05) is 13.8 Å². The molecule has 10 atom stereocenters. The Labute approximate surface area is 178 Å². The molecule has 5 unspecified atom stereocenters. The van der Waals surface area contributed by atoms with Crippen molar-refractivity contribution in [3.05, 3.63) is 0 Å². The highest BCUT2D eigenvalue weighted by atomic mass is 16.5. The Morgan fingerprint density at radius 2 is 1.79 bits per heavy atom. The Morgan fingerprint density at radius 1 is 1.00 bits per heavy atom. The predicted octanol–water partition coefficient (Wildman–Crippen LogP) is 5.45. The molecule has 1 spiro atoms. The SMILES string of the molecule is CCOC[C@](C)(OCC)C1CCC2C3C[C@@H](O)C45C[C@@H]4CC[C@]5(C)C3CC[C@@]21C. The maximum absolute atomic E-state index is 11.4. The fraction of sp³-hybridized carbons (Fsp3) is 1.00. The average molecular weight is 405 g/mol. The van der Waals surface area contributed by atoms with Crippen molar-refractivity contribution < 1.29 is 14.6 Å². The van der Waals surface area contributed by atoms with Gasteiger partial charge in [0.15, 0.2) is 0 Å². The van der Waals surface area contributed by atoms with Crippen LogP contribution in [-0.4, -0.2) is 36.6 Å². The first kappa shape index (κ1) is 20.8. The molecule has 3 heteroatoms. The van der Waals surface area contributed by atoms with E-state index in [1.165, 1.54) is 44.9 Å². The van der Waals surface area contributed by atoms with Gasteiger partial charge in [-0.3, -0.25) is 0 Å². The van der Waals surface area contributed by atoms with E-state index in [0.717, 1.165) is 37.4 Å². The number of aliphatic hydroxyl groups is 1. The van der Waals surface area contributed by atoms with Gasteiger partial charge < -0.3 is 14.6 Å². The van der Waals surface area contributed by atoms with Gasteiger partial charge >= 0.3 is 0 Å². The summed E-state index contributed by atoms with van der Waals surface area (Å²) in [5.74, 6) is 3.68. The van der Waals surface area contributed by atoms with Gasteiger partial charge in [0.2, 0.25) is 0 Å². The molecule has 5 saturated carbocycles.